The monoisotopic (exact) mass is 291 g/mol. The zero-order valence-electron chi connectivity index (χ0n) is 12.8. The summed E-state index contributed by atoms with van der Waals surface area (Å²) in [6, 6.07) is 8.56. The van der Waals surface area contributed by atoms with Crippen LogP contribution in [0.5, 0.6) is 0 Å². The van der Waals surface area contributed by atoms with Crippen LogP contribution >= 0.6 is 0 Å². The molecule has 0 radical (unpaired) electrons. The van der Waals surface area contributed by atoms with E-state index in [4.69, 9.17) is 5.11 Å². The van der Waals surface area contributed by atoms with Gasteiger partial charge >= 0.3 is 0 Å². The standard InChI is InChI=1S/C16H25N3O2/c1-12(2)19-9-7-15(11-19)18-14-5-3-13(4-6-14)16(21)17-8-10-20/h3-6,12,15,18,20H,7-11H2,1-2H3,(H,17,21). The first-order valence-corrected chi connectivity index (χ1v) is 7.60. The smallest absolute Gasteiger partial charge is 0.251 e. The SMILES string of the molecule is CC(C)N1CCC(Nc2ccc(C(=O)NCCO)cc2)C1. The van der Waals surface area contributed by atoms with Crippen molar-refractivity contribution in [1.82, 2.24) is 10.2 Å². The van der Waals surface area contributed by atoms with E-state index >= 15 is 0 Å². The third-order valence-electron chi connectivity index (χ3n) is 3.87. The van der Waals surface area contributed by atoms with Crippen molar-refractivity contribution in [3.8, 4) is 0 Å². The van der Waals surface area contributed by atoms with E-state index in [2.05, 4.69) is 29.4 Å². The molecule has 5 nitrogen and oxygen atoms in total. The van der Waals surface area contributed by atoms with E-state index in [1.54, 1.807) is 0 Å². The molecule has 0 spiro atoms. The molecular weight excluding hydrogens is 266 g/mol. The molecule has 1 fully saturated rings. The predicted molar refractivity (Wildman–Crippen MR) is 84.6 cm³/mol. The van der Waals surface area contributed by atoms with Gasteiger partial charge in [0.25, 0.3) is 5.91 Å². The highest BCUT2D eigenvalue weighted by Crippen LogP contribution is 2.18. The highest BCUT2D eigenvalue weighted by Gasteiger charge is 2.23. The minimum Gasteiger partial charge on any atom is -0.395 e. The summed E-state index contributed by atoms with van der Waals surface area (Å²) in [7, 11) is 0. The van der Waals surface area contributed by atoms with Gasteiger partial charge in [-0.1, -0.05) is 0 Å². The third kappa shape index (κ3) is 4.44. The quantitative estimate of drug-likeness (QED) is 0.739. The molecule has 1 atom stereocenters. The van der Waals surface area contributed by atoms with Gasteiger partial charge in [0.05, 0.1) is 6.61 Å². The van der Waals surface area contributed by atoms with Crippen LogP contribution in [-0.4, -0.2) is 54.2 Å². The van der Waals surface area contributed by atoms with Crippen LogP contribution in [0.2, 0.25) is 0 Å². The zero-order chi connectivity index (χ0) is 15.2. The summed E-state index contributed by atoms with van der Waals surface area (Å²) in [5.41, 5.74) is 1.66. The lowest BCUT2D eigenvalue weighted by molar-refractivity contribution is 0.0945. The second-order valence-corrected chi connectivity index (χ2v) is 5.78. The first-order valence-electron chi connectivity index (χ1n) is 7.60. The molecule has 1 aliphatic heterocycles. The molecule has 116 valence electrons. The average Bonchev–Trinajstić information content (AvgIpc) is 2.94. The third-order valence-corrected chi connectivity index (χ3v) is 3.87. The number of amides is 1. The van der Waals surface area contributed by atoms with E-state index < -0.39 is 0 Å². The fourth-order valence-corrected chi connectivity index (χ4v) is 2.60. The summed E-state index contributed by atoms with van der Waals surface area (Å²) in [4.78, 5) is 14.2. The van der Waals surface area contributed by atoms with E-state index in [1.807, 2.05) is 24.3 Å². The van der Waals surface area contributed by atoms with Crippen molar-refractivity contribution in [3.05, 3.63) is 29.8 Å². The van der Waals surface area contributed by atoms with Crippen LogP contribution in [0.15, 0.2) is 24.3 Å². The van der Waals surface area contributed by atoms with Crippen molar-refractivity contribution >= 4 is 11.6 Å². The number of aliphatic hydroxyl groups excluding tert-OH is 1. The van der Waals surface area contributed by atoms with E-state index in [1.165, 1.54) is 0 Å². The number of benzene rings is 1. The van der Waals surface area contributed by atoms with Gasteiger partial charge in [0.15, 0.2) is 0 Å². The molecule has 21 heavy (non-hydrogen) atoms. The topological polar surface area (TPSA) is 64.6 Å². The number of nitrogens with one attached hydrogen (secondary N) is 2. The van der Waals surface area contributed by atoms with E-state index in [0.717, 1.165) is 25.2 Å². The van der Waals surface area contributed by atoms with Gasteiger partial charge in [-0.2, -0.15) is 0 Å². The van der Waals surface area contributed by atoms with Crippen LogP contribution in [-0.2, 0) is 0 Å². The predicted octanol–water partition coefficient (Wildman–Crippen LogP) is 1.30. The summed E-state index contributed by atoms with van der Waals surface area (Å²) in [6.07, 6.45) is 1.15. The van der Waals surface area contributed by atoms with Crippen LogP contribution in [0.25, 0.3) is 0 Å². The summed E-state index contributed by atoms with van der Waals surface area (Å²) in [5.74, 6) is -0.151. The number of hydrogen-bond acceptors (Lipinski definition) is 4. The lowest BCUT2D eigenvalue weighted by Gasteiger charge is -2.20. The number of likely N-dealkylation sites (tertiary alicyclic amines) is 1. The molecule has 1 aliphatic rings. The Hall–Kier alpha value is -1.59. The van der Waals surface area contributed by atoms with Crippen molar-refractivity contribution in [2.75, 3.05) is 31.6 Å². The Kier molecular flexibility index (Phi) is 5.59. The van der Waals surface area contributed by atoms with E-state index in [0.29, 0.717) is 17.6 Å². The van der Waals surface area contributed by atoms with Crippen LogP contribution < -0.4 is 10.6 Å². The minimum atomic E-state index is -0.151. The first-order chi connectivity index (χ1) is 10.1. The normalized spacial score (nSPS) is 19.0. The van der Waals surface area contributed by atoms with Gasteiger partial charge in [-0.3, -0.25) is 9.69 Å². The fourth-order valence-electron chi connectivity index (χ4n) is 2.60. The van der Waals surface area contributed by atoms with Gasteiger partial charge in [0.1, 0.15) is 0 Å². The van der Waals surface area contributed by atoms with E-state index in [9.17, 15) is 4.79 Å². The summed E-state index contributed by atoms with van der Waals surface area (Å²) >= 11 is 0. The van der Waals surface area contributed by atoms with Crippen molar-refractivity contribution in [2.45, 2.75) is 32.4 Å². The Morgan fingerprint density at radius 2 is 2.10 bits per heavy atom. The van der Waals surface area contributed by atoms with Crippen LogP contribution in [0, 0.1) is 0 Å². The molecule has 1 saturated heterocycles. The molecular formula is C16H25N3O2. The molecule has 0 saturated carbocycles. The molecule has 1 aromatic rings. The van der Waals surface area contributed by atoms with Crippen molar-refractivity contribution in [2.24, 2.45) is 0 Å². The van der Waals surface area contributed by atoms with Gasteiger partial charge in [-0.25, -0.2) is 0 Å². The maximum Gasteiger partial charge on any atom is 0.251 e. The van der Waals surface area contributed by atoms with Gasteiger partial charge in [-0.05, 0) is 44.5 Å². The number of nitrogens with zero attached hydrogens (tertiary/aromatic N) is 1. The van der Waals surface area contributed by atoms with Gasteiger partial charge in [0, 0.05) is 43.0 Å². The Balaban J connectivity index is 1.87. The zero-order valence-corrected chi connectivity index (χ0v) is 12.8. The summed E-state index contributed by atoms with van der Waals surface area (Å²) in [6.45, 7) is 6.89. The Morgan fingerprint density at radius 3 is 2.67 bits per heavy atom. The first kappa shape index (κ1) is 15.8. The Bertz CT molecular complexity index is 459. The lowest BCUT2D eigenvalue weighted by Crippen LogP contribution is -2.31. The van der Waals surface area contributed by atoms with Crippen molar-refractivity contribution in [1.29, 1.82) is 0 Å². The van der Waals surface area contributed by atoms with Crippen LogP contribution in [0.4, 0.5) is 5.69 Å². The molecule has 1 aromatic carbocycles. The maximum atomic E-state index is 11.7. The van der Waals surface area contributed by atoms with E-state index in [-0.39, 0.29) is 19.1 Å². The summed E-state index contributed by atoms with van der Waals surface area (Å²) < 4.78 is 0. The molecule has 1 heterocycles. The largest absolute Gasteiger partial charge is 0.395 e. The average molecular weight is 291 g/mol. The van der Waals surface area contributed by atoms with Crippen LogP contribution in [0.1, 0.15) is 30.6 Å². The number of carbonyl (C=O) groups excluding carboxylic acids is 1. The molecule has 0 aromatic heterocycles. The van der Waals surface area contributed by atoms with Gasteiger partial charge < -0.3 is 15.7 Å². The Morgan fingerprint density at radius 1 is 1.38 bits per heavy atom. The number of aliphatic hydroxyl groups is 1. The number of carbonyl (C=O) groups is 1. The second kappa shape index (κ2) is 7.43. The molecule has 0 aliphatic carbocycles. The lowest BCUT2D eigenvalue weighted by atomic mass is 10.1. The highest BCUT2D eigenvalue weighted by molar-refractivity contribution is 5.94. The Labute approximate surface area is 126 Å². The fraction of sp³-hybridized carbons (Fsp3) is 0.562. The number of hydrogen-bond donors (Lipinski definition) is 3. The molecule has 2 rings (SSSR count). The molecule has 1 amide bonds. The number of anilines is 1. The molecule has 5 heteroatoms. The maximum absolute atomic E-state index is 11.7. The van der Waals surface area contributed by atoms with Crippen molar-refractivity contribution in [3.63, 3.8) is 0 Å². The van der Waals surface area contributed by atoms with Crippen molar-refractivity contribution < 1.29 is 9.90 Å². The van der Waals surface area contributed by atoms with Crippen LogP contribution in [0.3, 0.4) is 0 Å². The number of rotatable bonds is 6. The molecule has 3 N–H and O–H groups in total. The highest BCUT2D eigenvalue weighted by atomic mass is 16.3. The second-order valence-electron chi connectivity index (χ2n) is 5.78. The molecule has 1 unspecified atom stereocenters. The van der Waals surface area contributed by atoms with Gasteiger partial charge in [0.2, 0.25) is 0 Å². The summed E-state index contributed by atoms with van der Waals surface area (Å²) in [5, 5.41) is 14.9. The minimum absolute atomic E-state index is 0.0423. The van der Waals surface area contributed by atoms with Gasteiger partial charge in [-0.15, -0.1) is 0 Å². The molecule has 0 bridgehead atoms.